The molecular formula is C21H31N3O2. The molecule has 1 aromatic carbocycles. The number of carbonyl (C=O) groups excluding carboxylic acids is 1. The molecule has 0 aliphatic rings. The van der Waals surface area contributed by atoms with Gasteiger partial charge in [-0.1, -0.05) is 51.1 Å². The van der Waals surface area contributed by atoms with Crippen LogP contribution >= 0.6 is 0 Å². The molecule has 0 spiro atoms. The molecule has 0 radical (unpaired) electrons. The van der Waals surface area contributed by atoms with E-state index in [1.807, 2.05) is 25.1 Å². The first-order valence-electron chi connectivity index (χ1n) is 9.38. The van der Waals surface area contributed by atoms with Gasteiger partial charge in [0.25, 0.3) is 0 Å². The van der Waals surface area contributed by atoms with Gasteiger partial charge in [-0.2, -0.15) is 0 Å². The Bertz CT molecular complexity index is 687. The summed E-state index contributed by atoms with van der Waals surface area (Å²) in [7, 11) is 0. The predicted octanol–water partition coefficient (Wildman–Crippen LogP) is 4.15. The largest absolute Gasteiger partial charge is 0.445 e. The number of amides is 2. The van der Waals surface area contributed by atoms with E-state index in [1.165, 1.54) is 5.56 Å². The third-order valence-electron chi connectivity index (χ3n) is 4.17. The van der Waals surface area contributed by atoms with E-state index in [0.29, 0.717) is 13.1 Å². The monoisotopic (exact) mass is 357 g/mol. The first-order chi connectivity index (χ1) is 12.4. The van der Waals surface area contributed by atoms with Crippen LogP contribution in [0.1, 0.15) is 56.5 Å². The van der Waals surface area contributed by atoms with Crippen LogP contribution in [-0.4, -0.2) is 24.1 Å². The molecule has 0 fully saturated rings. The number of oxazole rings is 1. The highest BCUT2D eigenvalue weighted by Gasteiger charge is 2.21. The smallest absolute Gasteiger partial charge is 0.314 e. The Hall–Kier alpha value is -2.30. The second-order valence-corrected chi connectivity index (χ2v) is 7.65. The molecular weight excluding hydrogens is 326 g/mol. The maximum absolute atomic E-state index is 11.8. The average Bonchev–Trinajstić information content (AvgIpc) is 2.98. The van der Waals surface area contributed by atoms with Gasteiger partial charge >= 0.3 is 6.03 Å². The minimum atomic E-state index is -0.109. The molecule has 0 saturated heterocycles. The van der Waals surface area contributed by atoms with E-state index >= 15 is 0 Å². The number of nitrogens with zero attached hydrogens (tertiary/aromatic N) is 1. The van der Waals surface area contributed by atoms with Crippen molar-refractivity contribution < 1.29 is 9.21 Å². The van der Waals surface area contributed by atoms with Crippen LogP contribution in [0.5, 0.6) is 0 Å². The van der Waals surface area contributed by atoms with E-state index in [0.717, 1.165) is 43.0 Å². The zero-order valence-corrected chi connectivity index (χ0v) is 16.4. The van der Waals surface area contributed by atoms with E-state index in [1.54, 1.807) is 0 Å². The molecule has 0 unspecified atom stereocenters. The maximum Gasteiger partial charge on any atom is 0.314 e. The summed E-state index contributed by atoms with van der Waals surface area (Å²) in [5, 5.41) is 5.80. The lowest BCUT2D eigenvalue weighted by Gasteiger charge is -2.12. The molecule has 142 valence electrons. The van der Waals surface area contributed by atoms with E-state index < -0.39 is 0 Å². The third-order valence-corrected chi connectivity index (χ3v) is 4.17. The van der Waals surface area contributed by atoms with Crippen LogP contribution in [0.4, 0.5) is 4.79 Å². The number of aromatic nitrogens is 1. The van der Waals surface area contributed by atoms with Crippen LogP contribution in [0.25, 0.3) is 0 Å². The Morgan fingerprint density at radius 1 is 1.04 bits per heavy atom. The number of rotatable bonds is 8. The Morgan fingerprint density at radius 2 is 1.65 bits per heavy atom. The lowest BCUT2D eigenvalue weighted by atomic mass is 9.97. The van der Waals surface area contributed by atoms with E-state index in [4.69, 9.17) is 4.42 Å². The van der Waals surface area contributed by atoms with E-state index in [2.05, 4.69) is 48.5 Å². The summed E-state index contributed by atoms with van der Waals surface area (Å²) in [6, 6.07) is 10.2. The second-order valence-electron chi connectivity index (χ2n) is 7.65. The topological polar surface area (TPSA) is 67.2 Å². The molecule has 0 atom stereocenters. The fraction of sp³-hybridized carbons (Fsp3) is 0.524. The molecule has 0 saturated carbocycles. The van der Waals surface area contributed by atoms with Gasteiger partial charge in [-0.25, -0.2) is 9.78 Å². The minimum absolute atomic E-state index is 0.0824. The number of benzene rings is 1. The Labute approximate surface area is 156 Å². The number of nitrogens with one attached hydrogen (secondary N) is 2. The van der Waals surface area contributed by atoms with Crippen molar-refractivity contribution in [3.8, 4) is 0 Å². The predicted molar refractivity (Wildman–Crippen MR) is 104 cm³/mol. The summed E-state index contributed by atoms with van der Waals surface area (Å²) >= 11 is 0. The Kier molecular flexibility index (Phi) is 7.25. The fourth-order valence-corrected chi connectivity index (χ4v) is 2.63. The Balaban J connectivity index is 1.59. The molecule has 1 aromatic heterocycles. The van der Waals surface area contributed by atoms with Gasteiger partial charge < -0.3 is 15.1 Å². The number of hydrogen-bond acceptors (Lipinski definition) is 3. The summed E-state index contributed by atoms with van der Waals surface area (Å²) < 4.78 is 5.87. The van der Waals surface area contributed by atoms with Gasteiger partial charge in [0, 0.05) is 24.9 Å². The van der Waals surface area contributed by atoms with E-state index in [-0.39, 0.29) is 11.4 Å². The summed E-state index contributed by atoms with van der Waals surface area (Å²) in [6.45, 7) is 9.54. The first-order valence-corrected chi connectivity index (χ1v) is 9.38. The SMILES string of the molecule is Cc1nc(C(C)(C)C)oc1CCCNC(=O)NCCCc1ccccc1. The molecule has 5 heteroatoms. The molecule has 26 heavy (non-hydrogen) atoms. The maximum atomic E-state index is 11.8. The van der Waals surface area contributed by atoms with Crippen molar-refractivity contribution >= 4 is 6.03 Å². The van der Waals surface area contributed by atoms with Gasteiger partial charge in [0.15, 0.2) is 5.89 Å². The number of hydrogen-bond donors (Lipinski definition) is 2. The molecule has 1 heterocycles. The molecule has 2 amide bonds. The zero-order valence-electron chi connectivity index (χ0n) is 16.4. The molecule has 0 aliphatic carbocycles. The van der Waals surface area contributed by atoms with Crippen molar-refractivity contribution in [2.75, 3.05) is 13.1 Å². The van der Waals surface area contributed by atoms with Crippen LogP contribution in [0.3, 0.4) is 0 Å². The summed E-state index contributed by atoms with van der Waals surface area (Å²) in [6.07, 6.45) is 3.52. The van der Waals surface area contributed by atoms with Crippen molar-refractivity contribution in [3.05, 3.63) is 53.2 Å². The van der Waals surface area contributed by atoms with Crippen LogP contribution in [-0.2, 0) is 18.3 Å². The molecule has 0 bridgehead atoms. The van der Waals surface area contributed by atoms with Gasteiger partial charge in [-0.15, -0.1) is 0 Å². The van der Waals surface area contributed by atoms with Crippen LogP contribution < -0.4 is 10.6 Å². The van der Waals surface area contributed by atoms with Crippen molar-refractivity contribution in [3.63, 3.8) is 0 Å². The summed E-state index contributed by atoms with van der Waals surface area (Å²) in [4.78, 5) is 16.3. The highest BCUT2D eigenvalue weighted by molar-refractivity contribution is 5.73. The van der Waals surface area contributed by atoms with Gasteiger partial charge in [0.05, 0.1) is 5.69 Å². The van der Waals surface area contributed by atoms with Crippen molar-refractivity contribution in [2.45, 2.75) is 58.8 Å². The highest BCUT2D eigenvalue weighted by Crippen LogP contribution is 2.24. The quantitative estimate of drug-likeness (QED) is 0.698. The standard InChI is InChI=1S/C21H31N3O2/c1-16-18(26-19(24-16)21(2,3)4)13-9-15-23-20(25)22-14-8-12-17-10-6-5-7-11-17/h5-7,10-11H,8-9,12-15H2,1-4H3,(H2,22,23,25). The number of aryl methyl sites for hydroxylation is 3. The third kappa shape index (κ3) is 6.54. The number of carbonyl (C=O) groups is 1. The van der Waals surface area contributed by atoms with Gasteiger partial charge in [-0.3, -0.25) is 0 Å². The molecule has 5 nitrogen and oxygen atoms in total. The molecule has 0 aliphatic heterocycles. The first kappa shape index (κ1) is 20.0. The summed E-state index contributed by atoms with van der Waals surface area (Å²) in [5.41, 5.74) is 2.16. The van der Waals surface area contributed by atoms with Gasteiger partial charge in [0.1, 0.15) is 5.76 Å². The van der Waals surface area contributed by atoms with Crippen LogP contribution in [0.15, 0.2) is 34.7 Å². The Morgan fingerprint density at radius 3 is 2.23 bits per heavy atom. The van der Waals surface area contributed by atoms with E-state index in [9.17, 15) is 4.79 Å². The van der Waals surface area contributed by atoms with Crippen molar-refractivity contribution in [1.29, 1.82) is 0 Å². The lowest BCUT2D eigenvalue weighted by molar-refractivity contribution is 0.240. The summed E-state index contributed by atoms with van der Waals surface area (Å²) in [5.74, 6) is 1.69. The molecule has 2 aromatic rings. The van der Waals surface area contributed by atoms with Crippen molar-refractivity contribution in [2.24, 2.45) is 0 Å². The zero-order chi connectivity index (χ0) is 19.0. The van der Waals surface area contributed by atoms with Crippen LogP contribution in [0.2, 0.25) is 0 Å². The van der Waals surface area contributed by atoms with Gasteiger partial charge in [-0.05, 0) is 31.7 Å². The molecule has 2 N–H and O–H groups in total. The number of urea groups is 1. The van der Waals surface area contributed by atoms with Crippen molar-refractivity contribution in [1.82, 2.24) is 15.6 Å². The second kappa shape index (κ2) is 9.41. The normalized spacial score (nSPS) is 11.4. The molecule has 2 rings (SSSR count). The average molecular weight is 357 g/mol. The lowest BCUT2D eigenvalue weighted by Crippen LogP contribution is -2.36. The minimum Gasteiger partial charge on any atom is -0.445 e. The highest BCUT2D eigenvalue weighted by atomic mass is 16.4. The van der Waals surface area contributed by atoms with Crippen LogP contribution in [0, 0.1) is 6.92 Å². The fourth-order valence-electron chi connectivity index (χ4n) is 2.63. The van der Waals surface area contributed by atoms with Gasteiger partial charge in [0.2, 0.25) is 0 Å².